The highest BCUT2D eigenvalue weighted by molar-refractivity contribution is 5.47. The third kappa shape index (κ3) is 5.94. The van der Waals surface area contributed by atoms with Crippen LogP contribution >= 0.6 is 0 Å². The van der Waals surface area contributed by atoms with Crippen LogP contribution < -0.4 is 10.4 Å². The molecule has 0 atom stereocenters. The number of hydrogen-bond donors (Lipinski definition) is 1. The van der Waals surface area contributed by atoms with Crippen LogP contribution in [-0.2, 0) is 11.4 Å². The SMILES string of the molecule is CCN(CC)c1ccc(CNOCC(F)(F)F)cc1. The Morgan fingerprint density at radius 1 is 1.11 bits per heavy atom. The van der Waals surface area contributed by atoms with Gasteiger partial charge in [0.05, 0.1) is 0 Å². The third-order valence-corrected chi connectivity index (χ3v) is 2.68. The molecule has 0 saturated heterocycles. The van der Waals surface area contributed by atoms with Gasteiger partial charge in [-0.2, -0.15) is 18.7 Å². The summed E-state index contributed by atoms with van der Waals surface area (Å²) in [5.41, 5.74) is 4.28. The summed E-state index contributed by atoms with van der Waals surface area (Å²) in [6.45, 7) is 4.94. The summed E-state index contributed by atoms with van der Waals surface area (Å²) in [6, 6.07) is 7.65. The van der Waals surface area contributed by atoms with E-state index in [1.54, 1.807) is 0 Å². The van der Waals surface area contributed by atoms with E-state index in [-0.39, 0.29) is 6.54 Å². The second kappa shape index (κ2) is 7.35. The van der Waals surface area contributed by atoms with Crippen molar-refractivity contribution in [2.75, 3.05) is 24.6 Å². The van der Waals surface area contributed by atoms with Gasteiger partial charge in [-0.3, -0.25) is 4.84 Å². The highest BCUT2D eigenvalue weighted by Gasteiger charge is 2.27. The van der Waals surface area contributed by atoms with Gasteiger partial charge < -0.3 is 4.90 Å². The molecule has 0 fully saturated rings. The Morgan fingerprint density at radius 2 is 1.68 bits per heavy atom. The Kier molecular flexibility index (Phi) is 6.11. The van der Waals surface area contributed by atoms with Crippen LogP contribution in [0, 0.1) is 0 Å². The average molecular weight is 276 g/mol. The highest BCUT2D eigenvalue weighted by atomic mass is 19.4. The molecule has 1 aromatic carbocycles. The molecule has 0 heterocycles. The summed E-state index contributed by atoms with van der Waals surface area (Å²) in [7, 11) is 0. The first-order valence-electron chi connectivity index (χ1n) is 6.21. The predicted octanol–water partition coefficient (Wildman–Crippen LogP) is 3.12. The minimum absolute atomic E-state index is 0.245. The molecule has 6 heteroatoms. The molecule has 0 aliphatic rings. The zero-order valence-electron chi connectivity index (χ0n) is 11.1. The first-order valence-corrected chi connectivity index (χ1v) is 6.21. The van der Waals surface area contributed by atoms with Crippen LogP contribution in [0.25, 0.3) is 0 Å². The summed E-state index contributed by atoms with van der Waals surface area (Å²) >= 11 is 0. The quantitative estimate of drug-likeness (QED) is 0.611. The maximum atomic E-state index is 11.8. The molecule has 0 saturated carbocycles. The van der Waals surface area contributed by atoms with Crippen LogP contribution in [0.1, 0.15) is 19.4 Å². The Hall–Kier alpha value is -1.27. The molecular formula is C13H19F3N2O. The van der Waals surface area contributed by atoms with Gasteiger partial charge in [-0.15, -0.1) is 0 Å². The average Bonchev–Trinajstić information content (AvgIpc) is 2.37. The minimum Gasteiger partial charge on any atom is -0.372 e. The van der Waals surface area contributed by atoms with E-state index in [9.17, 15) is 13.2 Å². The summed E-state index contributed by atoms with van der Waals surface area (Å²) < 4.78 is 35.5. The fraction of sp³-hybridized carbons (Fsp3) is 0.538. The molecule has 0 bridgehead atoms. The van der Waals surface area contributed by atoms with Crippen LogP contribution in [0.4, 0.5) is 18.9 Å². The second-order valence-electron chi connectivity index (χ2n) is 4.06. The summed E-state index contributed by atoms with van der Waals surface area (Å²) in [4.78, 5) is 6.53. The molecule has 0 spiro atoms. The molecule has 0 unspecified atom stereocenters. The Morgan fingerprint density at radius 3 is 2.16 bits per heavy atom. The largest absolute Gasteiger partial charge is 0.413 e. The Labute approximate surface area is 111 Å². The van der Waals surface area contributed by atoms with E-state index in [0.29, 0.717) is 0 Å². The fourth-order valence-corrected chi connectivity index (χ4v) is 1.68. The molecule has 1 rings (SSSR count). The van der Waals surface area contributed by atoms with Crippen molar-refractivity contribution in [2.45, 2.75) is 26.6 Å². The lowest BCUT2D eigenvalue weighted by atomic mass is 10.2. The molecule has 0 radical (unpaired) electrons. The van der Waals surface area contributed by atoms with Crippen LogP contribution in [-0.4, -0.2) is 25.9 Å². The summed E-state index contributed by atoms with van der Waals surface area (Å²) in [5.74, 6) is 0. The van der Waals surface area contributed by atoms with Gasteiger partial charge in [-0.25, -0.2) is 0 Å². The monoisotopic (exact) mass is 276 g/mol. The molecule has 1 N–H and O–H groups in total. The third-order valence-electron chi connectivity index (χ3n) is 2.68. The van der Waals surface area contributed by atoms with E-state index in [1.807, 2.05) is 24.3 Å². The van der Waals surface area contributed by atoms with E-state index in [1.165, 1.54) is 0 Å². The molecular weight excluding hydrogens is 257 g/mol. The van der Waals surface area contributed by atoms with Crippen LogP contribution in [0.5, 0.6) is 0 Å². The van der Waals surface area contributed by atoms with Crippen molar-refractivity contribution in [1.82, 2.24) is 5.48 Å². The maximum absolute atomic E-state index is 11.8. The van der Waals surface area contributed by atoms with Gasteiger partial charge in [0.1, 0.15) is 0 Å². The minimum atomic E-state index is -4.31. The van der Waals surface area contributed by atoms with E-state index in [0.717, 1.165) is 24.3 Å². The van der Waals surface area contributed by atoms with E-state index in [2.05, 4.69) is 29.1 Å². The van der Waals surface area contributed by atoms with Crippen molar-refractivity contribution < 1.29 is 18.0 Å². The van der Waals surface area contributed by atoms with E-state index in [4.69, 9.17) is 0 Å². The van der Waals surface area contributed by atoms with Crippen molar-refractivity contribution in [1.29, 1.82) is 0 Å². The molecule has 108 valence electrons. The molecule has 0 aliphatic carbocycles. The van der Waals surface area contributed by atoms with Gasteiger partial charge >= 0.3 is 6.18 Å². The smallest absolute Gasteiger partial charge is 0.372 e. The molecule has 3 nitrogen and oxygen atoms in total. The van der Waals surface area contributed by atoms with Gasteiger partial charge in [0, 0.05) is 25.3 Å². The lowest BCUT2D eigenvalue weighted by Gasteiger charge is -2.21. The van der Waals surface area contributed by atoms with Crippen LogP contribution in [0.15, 0.2) is 24.3 Å². The number of hydrogen-bond acceptors (Lipinski definition) is 3. The Balaban J connectivity index is 2.40. The van der Waals surface area contributed by atoms with Crippen LogP contribution in [0.2, 0.25) is 0 Å². The fourth-order valence-electron chi connectivity index (χ4n) is 1.68. The first kappa shape index (κ1) is 15.8. The summed E-state index contributed by atoms with van der Waals surface area (Å²) in [6.07, 6.45) is -4.31. The standard InChI is InChI=1S/C13H19F3N2O/c1-3-18(4-2)12-7-5-11(6-8-12)9-17-19-10-13(14,15)16/h5-8,17H,3-4,9-10H2,1-2H3. The van der Waals surface area contributed by atoms with Crippen molar-refractivity contribution in [2.24, 2.45) is 0 Å². The van der Waals surface area contributed by atoms with Gasteiger partial charge in [0.2, 0.25) is 0 Å². The first-order chi connectivity index (χ1) is 8.96. The molecule has 0 aromatic heterocycles. The van der Waals surface area contributed by atoms with Gasteiger partial charge in [0.25, 0.3) is 0 Å². The number of alkyl halides is 3. The summed E-state index contributed by atoms with van der Waals surface area (Å²) in [5, 5.41) is 0. The van der Waals surface area contributed by atoms with Crippen molar-refractivity contribution in [3.05, 3.63) is 29.8 Å². The second-order valence-corrected chi connectivity index (χ2v) is 4.06. The van der Waals surface area contributed by atoms with Crippen molar-refractivity contribution in [3.63, 3.8) is 0 Å². The zero-order chi connectivity index (χ0) is 14.3. The number of halogens is 3. The highest BCUT2D eigenvalue weighted by Crippen LogP contribution is 2.15. The number of nitrogens with zero attached hydrogens (tertiary/aromatic N) is 1. The number of nitrogens with one attached hydrogen (secondary N) is 1. The van der Waals surface area contributed by atoms with Crippen molar-refractivity contribution >= 4 is 5.69 Å². The van der Waals surface area contributed by atoms with E-state index >= 15 is 0 Å². The van der Waals surface area contributed by atoms with E-state index < -0.39 is 12.8 Å². The lowest BCUT2D eigenvalue weighted by Crippen LogP contribution is -2.24. The van der Waals surface area contributed by atoms with Gasteiger partial charge in [-0.05, 0) is 31.5 Å². The van der Waals surface area contributed by atoms with Crippen molar-refractivity contribution in [3.8, 4) is 0 Å². The number of hydroxylamine groups is 1. The molecule has 0 aliphatic heterocycles. The van der Waals surface area contributed by atoms with Gasteiger partial charge in [0.15, 0.2) is 6.61 Å². The molecule has 0 amide bonds. The maximum Gasteiger partial charge on any atom is 0.413 e. The zero-order valence-corrected chi connectivity index (χ0v) is 11.1. The van der Waals surface area contributed by atoms with Gasteiger partial charge in [-0.1, -0.05) is 12.1 Å². The number of rotatable bonds is 7. The Bertz CT molecular complexity index is 361. The lowest BCUT2D eigenvalue weighted by molar-refractivity contribution is -0.190. The van der Waals surface area contributed by atoms with Crippen LogP contribution in [0.3, 0.4) is 0 Å². The normalized spacial score (nSPS) is 11.6. The molecule has 1 aromatic rings. The topological polar surface area (TPSA) is 24.5 Å². The number of anilines is 1. The number of benzene rings is 1. The predicted molar refractivity (Wildman–Crippen MR) is 68.8 cm³/mol. The molecule has 19 heavy (non-hydrogen) atoms.